The molecule has 1 aliphatic heterocycles. The molecule has 0 fully saturated rings. The van der Waals surface area contributed by atoms with Crippen LogP contribution in [-0.4, -0.2) is 35.7 Å². The Bertz CT molecular complexity index is 668. The third-order valence-corrected chi connectivity index (χ3v) is 3.93. The van der Waals surface area contributed by atoms with Crippen LogP contribution in [0.2, 0.25) is 0 Å². The summed E-state index contributed by atoms with van der Waals surface area (Å²) in [6.45, 7) is 4.73. The molecular formula is C18H22N2O3. The first-order valence-electron chi connectivity index (χ1n) is 7.98. The Morgan fingerprint density at radius 1 is 1.39 bits per heavy atom. The number of rotatable bonds is 5. The van der Waals surface area contributed by atoms with E-state index in [1.807, 2.05) is 18.2 Å². The highest BCUT2D eigenvalue weighted by molar-refractivity contribution is 5.92. The van der Waals surface area contributed by atoms with Crippen molar-refractivity contribution in [3.63, 3.8) is 0 Å². The molecule has 5 nitrogen and oxygen atoms in total. The van der Waals surface area contributed by atoms with Crippen LogP contribution in [0.3, 0.4) is 0 Å². The predicted molar refractivity (Wildman–Crippen MR) is 86.6 cm³/mol. The third kappa shape index (κ3) is 3.55. The second kappa shape index (κ2) is 6.44. The van der Waals surface area contributed by atoms with Crippen molar-refractivity contribution in [2.75, 3.05) is 13.6 Å². The van der Waals surface area contributed by atoms with Crippen molar-refractivity contribution < 1.29 is 14.1 Å². The monoisotopic (exact) mass is 314 g/mol. The van der Waals surface area contributed by atoms with Gasteiger partial charge in [-0.1, -0.05) is 37.2 Å². The number of hydrogen-bond acceptors (Lipinski definition) is 4. The molecule has 3 rings (SSSR count). The Balaban J connectivity index is 1.59. The van der Waals surface area contributed by atoms with Crippen LogP contribution < -0.4 is 4.74 Å². The molecule has 1 aliphatic rings. The van der Waals surface area contributed by atoms with Crippen LogP contribution in [0, 0.1) is 5.92 Å². The van der Waals surface area contributed by atoms with Gasteiger partial charge in [0.15, 0.2) is 5.69 Å². The number of likely N-dealkylation sites (N-methyl/N-ethyl adjacent to an activating group) is 1. The first kappa shape index (κ1) is 15.6. The molecule has 5 heteroatoms. The fourth-order valence-corrected chi connectivity index (χ4v) is 2.85. The van der Waals surface area contributed by atoms with Crippen LogP contribution in [0.4, 0.5) is 0 Å². The van der Waals surface area contributed by atoms with Gasteiger partial charge in [-0.3, -0.25) is 4.79 Å². The maximum absolute atomic E-state index is 12.5. The molecule has 2 heterocycles. The molecule has 1 atom stereocenters. The largest absolute Gasteiger partial charge is 0.488 e. The standard InChI is InChI=1S/C18H22N2O3/c1-12(2)8-14-10-16(19-23-14)18(21)20(3)11-15-9-13-6-4-5-7-17(13)22-15/h4-7,10,12,15H,8-9,11H2,1-3H3/t15-/m0/s1. The summed E-state index contributed by atoms with van der Waals surface area (Å²) in [6.07, 6.45) is 1.60. The highest BCUT2D eigenvalue weighted by atomic mass is 16.5. The van der Waals surface area contributed by atoms with Gasteiger partial charge in [-0.2, -0.15) is 0 Å². The molecule has 1 aromatic carbocycles. The molecular weight excluding hydrogens is 292 g/mol. The third-order valence-electron chi connectivity index (χ3n) is 3.93. The number of fused-ring (bicyclic) bond motifs is 1. The summed E-state index contributed by atoms with van der Waals surface area (Å²) < 4.78 is 11.1. The zero-order chi connectivity index (χ0) is 16.4. The summed E-state index contributed by atoms with van der Waals surface area (Å²) in [7, 11) is 1.77. The molecule has 1 aromatic heterocycles. The van der Waals surface area contributed by atoms with Crippen molar-refractivity contribution in [1.29, 1.82) is 0 Å². The summed E-state index contributed by atoms with van der Waals surface area (Å²) in [4.78, 5) is 14.1. The lowest BCUT2D eigenvalue weighted by atomic mass is 10.1. The molecule has 23 heavy (non-hydrogen) atoms. The first-order chi connectivity index (χ1) is 11.0. The molecule has 1 amide bonds. The van der Waals surface area contributed by atoms with Gasteiger partial charge in [0.2, 0.25) is 0 Å². The number of nitrogens with zero attached hydrogens (tertiary/aromatic N) is 2. The number of ether oxygens (including phenoxy) is 1. The summed E-state index contributed by atoms with van der Waals surface area (Å²) in [5.41, 5.74) is 1.55. The maximum atomic E-state index is 12.5. The van der Waals surface area contributed by atoms with Gasteiger partial charge in [-0.05, 0) is 17.5 Å². The lowest BCUT2D eigenvalue weighted by molar-refractivity contribution is 0.0720. The Hall–Kier alpha value is -2.30. The van der Waals surface area contributed by atoms with Crippen LogP contribution >= 0.6 is 0 Å². The summed E-state index contributed by atoms with van der Waals surface area (Å²) in [5, 5.41) is 3.90. The molecule has 0 unspecified atom stereocenters. The van der Waals surface area contributed by atoms with Gasteiger partial charge in [-0.25, -0.2) is 0 Å². The van der Waals surface area contributed by atoms with Gasteiger partial charge >= 0.3 is 0 Å². The van der Waals surface area contributed by atoms with Crippen molar-refractivity contribution >= 4 is 5.91 Å². The second-order valence-electron chi connectivity index (χ2n) is 6.51. The van der Waals surface area contributed by atoms with Crippen LogP contribution in [0.1, 0.15) is 35.7 Å². The number of amides is 1. The van der Waals surface area contributed by atoms with E-state index in [9.17, 15) is 4.79 Å². The lowest BCUT2D eigenvalue weighted by Gasteiger charge is -2.20. The molecule has 0 aliphatic carbocycles. The number of hydrogen-bond donors (Lipinski definition) is 0. The average molecular weight is 314 g/mol. The topological polar surface area (TPSA) is 55.6 Å². The Morgan fingerprint density at radius 3 is 2.91 bits per heavy atom. The minimum absolute atomic E-state index is 0.0108. The van der Waals surface area contributed by atoms with E-state index in [0.29, 0.717) is 18.2 Å². The van der Waals surface area contributed by atoms with E-state index >= 15 is 0 Å². The first-order valence-corrected chi connectivity index (χ1v) is 7.98. The van der Waals surface area contributed by atoms with E-state index in [-0.39, 0.29) is 12.0 Å². The van der Waals surface area contributed by atoms with E-state index < -0.39 is 0 Å². The number of carbonyl (C=O) groups excluding carboxylic acids is 1. The molecule has 0 radical (unpaired) electrons. The van der Waals surface area contributed by atoms with Gasteiger partial charge in [0.05, 0.1) is 6.54 Å². The van der Waals surface area contributed by atoms with Gasteiger partial charge in [0.1, 0.15) is 17.6 Å². The van der Waals surface area contributed by atoms with Gasteiger partial charge < -0.3 is 14.2 Å². The van der Waals surface area contributed by atoms with E-state index in [0.717, 1.165) is 24.4 Å². The fourth-order valence-electron chi connectivity index (χ4n) is 2.85. The van der Waals surface area contributed by atoms with Crippen LogP contribution in [0.15, 0.2) is 34.9 Å². The van der Waals surface area contributed by atoms with Crippen molar-refractivity contribution in [3.05, 3.63) is 47.3 Å². The van der Waals surface area contributed by atoms with Crippen molar-refractivity contribution in [2.24, 2.45) is 5.92 Å². The van der Waals surface area contributed by atoms with Gasteiger partial charge in [-0.15, -0.1) is 0 Å². The summed E-state index contributed by atoms with van der Waals surface area (Å²) >= 11 is 0. The number of aromatic nitrogens is 1. The second-order valence-corrected chi connectivity index (χ2v) is 6.51. The van der Waals surface area contributed by atoms with Gasteiger partial charge in [0.25, 0.3) is 5.91 Å². The van der Waals surface area contributed by atoms with Crippen molar-refractivity contribution in [1.82, 2.24) is 10.1 Å². The summed E-state index contributed by atoms with van der Waals surface area (Å²) in [5.74, 6) is 2.00. The highest BCUT2D eigenvalue weighted by Crippen LogP contribution is 2.28. The Labute approximate surface area is 136 Å². The molecule has 0 spiro atoms. The smallest absolute Gasteiger partial charge is 0.275 e. The normalized spacial score (nSPS) is 16.3. The summed E-state index contributed by atoms with van der Waals surface area (Å²) in [6, 6.07) is 9.73. The highest BCUT2D eigenvalue weighted by Gasteiger charge is 2.26. The van der Waals surface area contributed by atoms with Crippen LogP contribution in [0.5, 0.6) is 5.75 Å². The Morgan fingerprint density at radius 2 is 2.17 bits per heavy atom. The quantitative estimate of drug-likeness (QED) is 0.851. The number of benzene rings is 1. The van der Waals surface area contributed by atoms with E-state index in [1.54, 1.807) is 18.0 Å². The van der Waals surface area contributed by atoms with E-state index in [2.05, 4.69) is 25.1 Å². The van der Waals surface area contributed by atoms with Crippen molar-refractivity contribution in [2.45, 2.75) is 32.8 Å². The lowest BCUT2D eigenvalue weighted by Crippen LogP contribution is -2.36. The van der Waals surface area contributed by atoms with E-state index in [4.69, 9.17) is 9.26 Å². The number of carbonyl (C=O) groups is 1. The van der Waals surface area contributed by atoms with Crippen molar-refractivity contribution in [3.8, 4) is 5.75 Å². The minimum atomic E-state index is -0.136. The molecule has 0 bridgehead atoms. The molecule has 122 valence electrons. The number of para-hydroxylation sites is 1. The Kier molecular flexibility index (Phi) is 4.37. The molecule has 0 saturated heterocycles. The maximum Gasteiger partial charge on any atom is 0.275 e. The SMILES string of the molecule is CC(C)Cc1cc(C(=O)N(C)C[C@@H]2Cc3ccccc3O2)no1. The predicted octanol–water partition coefficient (Wildman–Crippen LogP) is 2.95. The van der Waals surface area contributed by atoms with Crippen LogP contribution in [-0.2, 0) is 12.8 Å². The molecule has 0 N–H and O–H groups in total. The van der Waals surface area contributed by atoms with Gasteiger partial charge in [0, 0.05) is 26.0 Å². The van der Waals surface area contributed by atoms with E-state index in [1.165, 1.54) is 5.56 Å². The fraction of sp³-hybridized carbons (Fsp3) is 0.444. The van der Waals surface area contributed by atoms with Crippen LogP contribution in [0.25, 0.3) is 0 Å². The average Bonchev–Trinajstić information content (AvgIpc) is 3.11. The molecule has 2 aromatic rings. The zero-order valence-corrected chi connectivity index (χ0v) is 13.8. The molecule has 0 saturated carbocycles. The minimum Gasteiger partial charge on any atom is -0.488 e. The zero-order valence-electron chi connectivity index (χ0n) is 13.8.